The fraction of sp³-hybridized carbons (Fsp3) is 0.393. The molecule has 1 aromatic heterocycles. The zero-order chi connectivity index (χ0) is 28.2. The Labute approximate surface area is 228 Å². The molecule has 3 heterocycles. The number of methoxy groups -OCH3 is 1. The van der Waals surface area contributed by atoms with E-state index in [9.17, 15) is 18.4 Å². The maximum atomic E-state index is 15.0. The van der Waals surface area contributed by atoms with Gasteiger partial charge in [-0.1, -0.05) is 6.58 Å². The number of benzene rings is 2. The minimum Gasteiger partial charge on any atom is -0.383 e. The van der Waals surface area contributed by atoms with Crippen molar-refractivity contribution in [2.45, 2.75) is 43.8 Å². The van der Waals surface area contributed by atoms with Gasteiger partial charge in [-0.3, -0.25) is 9.36 Å². The van der Waals surface area contributed by atoms with Crippen molar-refractivity contribution in [3.05, 3.63) is 64.4 Å². The van der Waals surface area contributed by atoms with Crippen molar-refractivity contribution < 1.29 is 22.7 Å². The number of ether oxygens (including phenoxy) is 1. The van der Waals surface area contributed by atoms with Gasteiger partial charge in [0.05, 0.1) is 18.2 Å². The van der Waals surface area contributed by atoms with E-state index in [1.807, 2.05) is 24.8 Å². The molecule has 2 aliphatic heterocycles. The average molecular weight is 559 g/mol. The molecule has 5 rings (SSSR count). The average Bonchev–Trinajstić information content (AvgIpc) is 2.88. The number of hydrogen-bond donors (Lipinski definition) is 0. The molecular formula is C28H29F3N4O3S. The van der Waals surface area contributed by atoms with Gasteiger partial charge in [0.1, 0.15) is 11.6 Å². The zero-order valence-corrected chi connectivity index (χ0v) is 22.9. The van der Waals surface area contributed by atoms with Gasteiger partial charge >= 0.3 is 5.69 Å². The first-order valence-electron chi connectivity index (χ1n) is 12.6. The van der Waals surface area contributed by atoms with Crippen molar-refractivity contribution in [1.82, 2.24) is 14.5 Å². The van der Waals surface area contributed by atoms with Crippen LogP contribution in [0.4, 0.5) is 19.0 Å². The van der Waals surface area contributed by atoms with Gasteiger partial charge in [-0.15, -0.1) is 11.8 Å². The monoisotopic (exact) mass is 558 g/mol. The third-order valence-electron chi connectivity index (χ3n) is 7.41. The van der Waals surface area contributed by atoms with Crippen molar-refractivity contribution in [1.29, 1.82) is 0 Å². The molecule has 0 aliphatic carbocycles. The van der Waals surface area contributed by atoms with Crippen molar-refractivity contribution >= 4 is 34.4 Å². The summed E-state index contributed by atoms with van der Waals surface area (Å²) >= 11 is 1.42. The molecule has 11 heteroatoms. The molecule has 206 valence electrons. The maximum absolute atomic E-state index is 15.0. The topological polar surface area (TPSA) is 67.7 Å². The molecule has 1 saturated heterocycles. The second-order valence-corrected chi connectivity index (χ2v) is 11.1. The summed E-state index contributed by atoms with van der Waals surface area (Å²) in [5, 5.41) is 0.685. The number of nitrogens with zero attached hydrogens (tertiary/aromatic N) is 4. The van der Waals surface area contributed by atoms with Crippen molar-refractivity contribution in [2.24, 2.45) is 0 Å². The van der Waals surface area contributed by atoms with Gasteiger partial charge in [-0.05, 0) is 44.5 Å². The highest BCUT2D eigenvalue weighted by atomic mass is 32.2. The van der Waals surface area contributed by atoms with Crippen LogP contribution in [0.5, 0.6) is 0 Å². The Morgan fingerprint density at radius 1 is 1.15 bits per heavy atom. The number of rotatable bonds is 5. The minimum atomic E-state index is -1.27. The zero-order valence-electron chi connectivity index (χ0n) is 22.1. The van der Waals surface area contributed by atoms with Crippen LogP contribution in [0.2, 0.25) is 0 Å². The summed E-state index contributed by atoms with van der Waals surface area (Å²) in [6.45, 7) is 10.4. The Balaban J connectivity index is 1.76. The quantitative estimate of drug-likeness (QED) is 0.334. The van der Waals surface area contributed by atoms with Gasteiger partial charge in [0.25, 0.3) is 0 Å². The molecule has 0 spiro atoms. The Morgan fingerprint density at radius 2 is 1.82 bits per heavy atom. The number of aryl methyl sites for hydroxylation is 1. The number of amides is 1. The molecule has 7 nitrogen and oxygen atoms in total. The molecule has 39 heavy (non-hydrogen) atoms. The number of piperazine rings is 1. The maximum Gasteiger partial charge on any atom is 0.350 e. The van der Waals surface area contributed by atoms with Crippen molar-refractivity contribution in [3.8, 4) is 11.1 Å². The summed E-state index contributed by atoms with van der Waals surface area (Å²) in [6.07, 6.45) is 1.30. The Morgan fingerprint density at radius 3 is 2.46 bits per heavy atom. The van der Waals surface area contributed by atoms with Crippen LogP contribution in [0.25, 0.3) is 22.0 Å². The number of anilines is 1. The van der Waals surface area contributed by atoms with Gasteiger partial charge in [-0.25, -0.2) is 18.0 Å². The first kappa shape index (κ1) is 27.3. The second-order valence-electron chi connectivity index (χ2n) is 10.1. The van der Waals surface area contributed by atoms with Gasteiger partial charge in [0.15, 0.2) is 11.6 Å². The van der Waals surface area contributed by atoms with Crippen LogP contribution in [0.1, 0.15) is 25.5 Å². The van der Waals surface area contributed by atoms with Crippen LogP contribution in [0.15, 0.2) is 40.5 Å². The third kappa shape index (κ3) is 4.51. The molecule has 2 aliphatic rings. The SMILES string of the molecule is C=CC(=O)N1[C@H](C)CN(c2nc(=O)n3c4c(c(-c5cc(F)c(F)cc5F)c(C)cc24)SCC3COC)C[C@@H]1C. The van der Waals surface area contributed by atoms with Crippen molar-refractivity contribution in [2.75, 3.05) is 37.5 Å². The van der Waals surface area contributed by atoms with Gasteiger partial charge in [0, 0.05) is 65.5 Å². The van der Waals surface area contributed by atoms with Crippen LogP contribution >= 0.6 is 11.8 Å². The molecule has 1 unspecified atom stereocenters. The summed E-state index contributed by atoms with van der Waals surface area (Å²) < 4.78 is 50.0. The number of carbonyl (C=O) groups is 1. The fourth-order valence-corrected chi connectivity index (χ4v) is 7.23. The number of halogens is 3. The second kappa shape index (κ2) is 10.3. The summed E-state index contributed by atoms with van der Waals surface area (Å²) in [5.74, 6) is -2.55. The van der Waals surface area contributed by atoms with Gasteiger partial charge in [0.2, 0.25) is 5.91 Å². The lowest BCUT2D eigenvalue weighted by atomic mass is 9.96. The molecule has 0 radical (unpaired) electrons. The largest absolute Gasteiger partial charge is 0.383 e. The molecule has 0 N–H and O–H groups in total. The Bertz CT molecular complexity index is 1550. The first-order chi connectivity index (χ1) is 18.6. The van der Waals surface area contributed by atoms with Crippen LogP contribution < -0.4 is 10.6 Å². The smallest absolute Gasteiger partial charge is 0.350 e. The number of thioether (sulfide) groups is 1. The molecule has 3 aromatic rings. The van der Waals surface area contributed by atoms with Gasteiger partial charge in [-0.2, -0.15) is 4.98 Å². The lowest BCUT2D eigenvalue weighted by Crippen LogP contribution is -2.58. The number of carbonyl (C=O) groups excluding carboxylic acids is 1. The van der Waals surface area contributed by atoms with E-state index in [2.05, 4.69) is 11.6 Å². The summed E-state index contributed by atoms with van der Waals surface area (Å²) in [6, 6.07) is 2.56. The molecule has 2 aromatic carbocycles. The van der Waals surface area contributed by atoms with Crippen LogP contribution in [-0.4, -0.2) is 65.0 Å². The van der Waals surface area contributed by atoms with E-state index in [0.717, 1.165) is 6.07 Å². The third-order valence-corrected chi connectivity index (χ3v) is 8.65. The Hall–Kier alpha value is -3.31. The van der Waals surface area contributed by atoms with Crippen molar-refractivity contribution in [3.63, 3.8) is 0 Å². The van der Waals surface area contributed by atoms with E-state index in [1.54, 1.807) is 23.5 Å². The van der Waals surface area contributed by atoms with E-state index in [-0.39, 0.29) is 36.2 Å². The molecule has 3 atom stereocenters. The highest BCUT2D eigenvalue weighted by Crippen LogP contribution is 2.46. The fourth-order valence-electron chi connectivity index (χ4n) is 5.86. The van der Waals surface area contributed by atoms with E-state index in [1.165, 1.54) is 17.8 Å². The van der Waals surface area contributed by atoms with Crippen LogP contribution in [0, 0.1) is 24.4 Å². The highest BCUT2D eigenvalue weighted by Gasteiger charge is 2.35. The standard InChI is InChI=1S/C28H29F3N4O3S/c1-6-23(36)34-15(3)10-33(11-16(34)4)27-19-7-14(2)24(18-8-21(30)22(31)9-20(18)29)26-25(19)35(28(37)32-27)17(12-38-5)13-39-26/h6-9,15-17H,1,10-13H2,2-5H3/t15-,16+,17?. The summed E-state index contributed by atoms with van der Waals surface area (Å²) in [4.78, 5) is 34.9. The molecule has 0 bridgehead atoms. The molecule has 1 fully saturated rings. The van der Waals surface area contributed by atoms with Crippen LogP contribution in [0.3, 0.4) is 0 Å². The highest BCUT2D eigenvalue weighted by molar-refractivity contribution is 7.99. The van der Waals surface area contributed by atoms with E-state index < -0.39 is 23.1 Å². The lowest BCUT2D eigenvalue weighted by molar-refractivity contribution is -0.130. The van der Waals surface area contributed by atoms with Gasteiger partial charge < -0.3 is 14.5 Å². The predicted octanol–water partition coefficient (Wildman–Crippen LogP) is 4.69. The normalized spacial score (nSPS) is 20.9. The minimum absolute atomic E-state index is 0.0721. The van der Waals surface area contributed by atoms with E-state index in [4.69, 9.17) is 4.74 Å². The van der Waals surface area contributed by atoms with E-state index >= 15 is 4.39 Å². The van der Waals surface area contributed by atoms with Crippen LogP contribution in [-0.2, 0) is 9.53 Å². The number of aromatic nitrogens is 2. The molecule has 1 amide bonds. The molecule has 0 saturated carbocycles. The molecular weight excluding hydrogens is 529 g/mol. The number of hydrogen-bond acceptors (Lipinski definition) is 6. The first-order valence-corrected chi connectivity index (χ1v) is 13.6. The van der Waals surface area contributed by atoms with E-state index in [0.29, 0.717) is 57.7 Å². The lowest BCUT2D eigenvalue weighted by Gasteiger charge is -2.45. The predicted molar refractivity (Wildman–Crippen MR) is 146 cm³/mol. The Kier molecular flexibility index (Phi) is 7.23. The summed E-state index contributed by atoms with van der Waals surface area (Å²) in [5.41, 5.74) is 1.05. The summed E-state index contributed by atoms with van der Waals surface area (Å²) in [7, 11) is 1.55.